The molecule has 1 fully saturated rings. The Hall–Kier alpha value is -3.58. The molecule has 7 nitrogen and oxygen atoms in total. The fourth-order valence-corrected chi connectivity index (χ4v) is 4.06. The topological polar surface area (TPSA) is 82.9 Å². The molecule has 0 radical (unpaired) electrons. The van der Waals surface area contributed by atoms with E-state index in [4.69, 9.17) is 16.0 Å². The maximum Gasteiger partial charge on any atom is 0.289 e. The Labute approximate surface area is 196 Å². The van der Waals surface area contributed by atoms with Gasteiger partial charge >= 0.3 is 0 Å². The molecular formula is C25H24ClN3O4. The van der Waals surface area contributed by atoms with Crippen LogP contribution in [0.1, 0.15) is 38.9 Å². The van der Waals surface area contributed by atoms with E-state index in [2.05, 4.69) is 5.32 Å². The first-order valence-corrected chi connectivity index (χ1v) is 11.1. The highest BCUT2D eigenvalue weighted by molar-refractivity contribution is 6.33. The summed E-state index contributed by atoms with van der Waals surface area (Å²) < 4.78 is 5.18. The van der Waals surface area contributed by atoms with E-state index >= 15 is 0 Å². The number of hydrogen-bond donors (Lipinski definition) is 1. The second-order valence-corrected chi connectivity index (χ2v) is 8.18. The molecule has 3 amide bonds. The van der Waals surface area contributed by atoms with Crippen LogP contribution >= 0.6 is 11.6 Å². The van der Waals surface area contributed by atoms with Gasteiger partial charge in [0.25, 0.3) is 11.8 Å². The van der Waals surface area contributed by atoms with Gasteiger partial charge in [-0.2, -0.15) is 0 Å². The van der Waals surface area contributed by atoms with E-state index in [0.29, 0.717) is 42.5 Å². The SMILES string of the molecule is O=C(N[C@H](CC(=O)N1CCN(C(=O)c2ccco2)CC1)c1ccccc1)c1ccccc1Cl. The Morgan fingerprint density at radius 2 is 1.55 bits per heavy atom. The molecule has 2 heterocycles. The quantitative estimate of drug-likeness (QED) is 0.600. The van der Waals surface area contributed by atoms with E-state index in [0.717, 1.165) is 5.56 Å². The average molecular weight is 466 g/mol. The van der Waals surface area contributed by atoms with E-state index in [9.17, 15) is 14.4 Å². The lowest BCUT2D eigenvalue weighted by molar-refractivity contribution is -0.133. The van der Waals surface area contributed by atoms with Crippen LogP contribution < -0.4 is 5.32 Å². The molecule has 0 unspecified atom stereocenters. The predicted octanol–water partition coefficient (Wildman–Crippen LogP) is 3.78. The van der Waals surface area contributed by atoms with Gasteiger partial charge in [0.15, 0.2) is 5.76 Å². The molecule has 1 aromatic heterocycles. The molecule has 0 aliphatic carbocycles. The van der Waals surface area contributed by atoms with Gasteiger partial charge in [0.2, 0.25) is 5.91 Å². The molecule has 2 aromatic carbocycles. The van der Waals surface area contributed by atoms with Crippen molar-refractivity contribution in [2.45, 2.75) is 12.5 Å². The zero-order valence-corrected chi connectivity index (χ0v) is 18.7. The van der Waals surface area contributed by atoms with Gasteiger partial charge in [0.1, 0.15) is 0 Å². The average Bonchev–Trinajstić information content (AvgIpc) is 3.39. The third-order valence-corrected chi connectivity index (χ3v) is 5.99. The van der Waals surface area contributed by atoms with Crippen molar-refractivity contribution >= 4 is 29.3 Å². The van der Waals surface area contributed by atoms with Crippen molar-refractivity contribution in [2.24, 2.45) is 0 Å². The number of rotatable bonds is 6. The Morgan fingerprint density at radius 3 is 2.21 bits per heavy atom. The summed E-state index contributed by atoms with van der Waals surface area (Å²) in [5, 5.41) is 3.31. The fraction of sp³-hybridized carbons (Fsp3) is 0.240. The van der Waals surface area contributed by atoms with Crippen LogP contribution in [0.25, 0.3) is 0 Å². The van der Waals surface area contributed by atoms with Crippen molar-refractivity contribution in [3.8, 4) is 0 Å². The molecule has 33 heavy (non-hydrogen) atoms. The van der Waals surface area contributed by atoms with Gasteiger partial charge in [-0.15, -0.1) is 0 Å². The number of carbonyl (C=O) groups is 3. The number of piperazine rings is 1. The van der Waals surface area contributed by atoms with Crippen molar-refractivity contribution in [1.29, 1.82) is 0 Å². The van der Waals surface area contributed by atoms with Gasteiger partial charge in [0.05, 0.1) is 29.3 Å². The summed E-state index contributed by atoms with van der Waals surface area (Å²) in [4.78, 5) is 41.8. The van der Waals surface area contributed by atoms with Gasteiger partial charge in [-0.1, -0.05) is 54.1 Å². The normalized spacial score (nSPS) is 14.6. The molecular weight excluding hydrogens is 442 g/mol. The smallest absolute Gasteiger partial charge is 0.289 e. The van der Waals surface area contributed by atoms with E-state index in [-0.39, 0.29) is 24.1 Å². The summed E-state index contributed by atoms with van der Waals surface area (Å²) in [5.74, 6) is -0.313. The van der Waals surface area contributed by atoms with Gasteiger partial charge < -0.3 is 19.5 Å². The molecule has 0 saturated carbocycles. The monoisotopic (exact) mass is 465 g/mol. The summed E-state index contributed by atoms with van der Waals surface area (Å²) >= 11 is 6.18. The molecule has 3 aromatic rings. The molecule has 1 aliphatic rings. The van der Waals surface area contributed by atoms with Crippen molar-refractivity contribution in [1.82, 2.24) is 15.1 Å². The summed E-state index contributed by atoms with van der Waals surface area (Å²) in [5.41, 5.74) is 1.19. The fourth-order valence-electron chi connectivity index (χ4n) is 3.84. The van der Waals surface area contributed by atoms with E-state index in [1.54, 1.807) is 46.2 Å². The minimum absolute atomic E-state index is 0.0894. The van der Waals surface area contributed by atoms with Crippen LogP contribution in [-0.2, 0) is 4.79 Å². The third-order valence-electron chi connectivity index (χ3n) is 5.66. The third kappa shape index (κ3) is 5.43. The molecule has 8 heteroatoms. The highest BCUT2D eigenvalue weighted by Gasteiger charge is 2.28. The number of furan rings is 1. The zero-order valence-electron chi connectivity index (χ0n) is 17.9. The number of nitrogens with one attached hydrogen (secondary N) is 1. The minimum Gasteiger partial charge on any atom is -0.459 e. The van der Waals surface area contributed by atoms with Crippen molar-refractivity contribution in [3.63, 3.8) is 0 Å². The van der Waals surface area contributed by atoms with Crippen molar-refractivity contribution in [2.75, 3.05) is 26.2 Å². The van der Waals surface area contributed by atoms with Crippen LogP contribution in [-0.4, -0.2) is 53.7 Å². The lowest BCUT2D eigenvalue weighted by atomic mass is 10.0. The lowest BCUT2D eigenvalue weighted by Gasteiger charge is -2.35. The van der Waals surface area contributed by atoms with E-state index in [1.807, 2.05) is 30.3 Å². The molecule has 1 saturated heterocycles. The Bertz CT molecular complexity index is 1110. The molecule has 1 aliphatic heterocycles. The molecule has 0 bridgehead atoms. The zero-order chi connectivity index (χ0) is 23.2. The van der Waals surface area contributed by atoms with E-state index in [1.165, 1.54) is 6.26 Å². The predicted molar refractivity (Wildman–Crippen MR) is 124 cm³/mol. The largest absolute Gasteiger partial charge is 0.459 e. The van der Waals surface area contributed by atoms with Crippen molar-refractivity contribution in [3.05, 3.63) is 94.9 Å². The summed E-state index contributed by atoms with van der Waals surface area (Å²) in [6.45, 7) is 1.69. The second-order valence-electron chi connectivity index (χ2n) is 7.77. The standard InChI is InChI=1S/C25H24ClN3O4/c26-20-10-5-4-9-19(20)24(31)27-21(18-7-2-1-3-8-18)17-23(30)28-12-14-29(15-13-28)25(32)22-11-6-16-33-22/h1-11,16,21H,12-15,17H2,(H,27,31)/t21-/m1/s1. The lowest BCUT2D eigenvalue weighted by Crippen LogP contribution is -2.51. The second kappa shape index (κ2) is 10.4. The molecule has 4 rings (SSSR count). The minimum atomic E-state index is -0.509. The highest BCUT2D eigenvalue weighted by atomic mass is 35.5. The number of carbonyl (C=O) groups excluding carboxylic acids is 3. The van der Waals surface area contributed by atoms with Crippen LogP contribution in [0.15, 0.2) is 77.4 Å². The first kappa shape index (κ1) is 22.6. The molecule has 170 valence electrons. The van der Waals surface area contributed by atoms with Crippen LogP contribution in [0.3, 0.4) is 0 Å². The number of benzene rings is 2. The summed E-state index contributed by atoms with van der Waals surface area (Å²) in [6.07, 6.45) is 1.57. The highest BCUT2D eigenvalue weighted by Crippen LogP contribution is 2.22. The number of halogens is 1. The Kier molecular flexibility index (Phi) is 7.10. The van der Waals surface area contributed by atoms with Gasteiger partial charge in [-0.25, -0.2) is 0 Å². The van der Waals surface area contributed by atoms with Crippen molar-refractivity contribution < 1.29 is 18.8 Å². The summed E-state index contributed by atoms with van der Waals surface area (Å²) in [7, 11) is 0. The Morgan fingerprint density at radius 1 is 0.879 bits per heavy atom. The van der Waals surface area contributed by atoms with Crippen LogP contribution in [0, 0.1) is 0 Å². The van der Waals surface area contributed by atoms with Crippen LogP contribution in [0.2, 0.25) is 5.02 Å². The Balaban J connectivity index is 1.41. The number of hydrogen-bond acceptors (Lipinski definition) is 4. The van der Waals surface area contributed by atoms with Crippen LogP contribution in [0.5, 0.6) is 0 Å². The van der Waals surface area contributed by atoms with E-state index < -0.39 is 6.04 Å². The number of nitrogens with zero attached hydrogens (tertiary/aromatic N) is 2. The molecule has 0 spiro atoms. The first-order valence-electron chi connectivity index (χ1n) is 10.7. The van der Waals surface area contributed by atoms with Gasteiger partial charge in [-0.05, 0) is 29.8 Å². The van der Waals surface area contributed by atoms with Gasteiger partial charge in [0, 0.05) is 26.2 Å². The number of amides is 3. The maximum atomic E-state index is 13.1. The summed E-state index contributed by atoms with van der Waals surface area (Å²) in [6, 6.07) is 19.0. The van der Waals surface area contributed by atoms with Crippen LogP contribution in [0.4, 0.5) is 0 Å². The maximum absolute atomic E-state index is 13.1. The van der Waals surface area contributed by atoms with Gasteiger partial charge in [-0.3, -0.25) is 14.4 Å². The first-order chi connectivity index (χ1) is 16.0. The molecule has 1 atom stereocenters. The molecule has 1 N–H and O–H groups in total.